The summed E-state index contributed by atoms with van der Waals surface area (Å²) in [5.41, 5.74) is 3.13. The minimum Gasteiger partial charge on any atom is -0.326 e. The average molecular weight is 490 g/mol. The van der Waals surface area contributed by atoms with Crippen LogP contribution >= 0.6 is 11.6 Å². The number of sulfonamides is 1. The summed E-state index contributed by atoms with van der Waals surface area (Å²) >= 11 is 6.13. The second kappa shape index (κ2) is 9.08. The van der Waals surface area contributed by atoms with Crippen molar-refractivity contribution in [1.82, 2.24) is 4.31 Å². The minimum absolute atomic E-state index is 0.00726. The maximum atomic E-state index is 13.3. The summed E-state index contributed by atoms with van der Waals surface area (Å²) in [4.78, 5) is 26.6. The highest BCUT2D eigenvalue weighted by Gasteiger charge is 2.34. The van der Waals surface area contributed by atoms with E-state index < -0.39 is 10.0 Å². The van der Waals surface area contributed by atoms with Crippen LogP contribution in [0.3, 0.4) is 0 Å². The Morgan fingerprint density at radius 2 is 1.82 bits per heavy atom. The van der Waals surface area contributed by atoms with Crippen LogP contribution in [0.15, 0.2) is 41.3 Å². The van der Waals surface area contributed by atoms with Gasteiger partial charge in [-0.1, -0.05) is 17.7 Å². The number of rotatable bonds is 4. The van der Waals surface area contributed by atoms with Gasteiger partial charge in [0.15, 0.2) is 0 Å². The van der Waals surface area contributed by atoms with Crippen LogP contribution in [0.4, 0.5) is 11.4 Å². The Morgan fingerprint density at radius 1 is 1.12 bits per heavy atom. The summed E-state index contributed by atoms with van der Waals surface area (Å²) in [7, 11) is -3.68. The summed E-state index contributed by atoms with van der Waals surface area (Å²) in [5.74, 6) is -0.432. The molecular weight excluding hydrogens is 462 g/mol. The highest BCUT2D eigenvalue weighted by atomic mass is 35.5. The molecule has 7 nitrogen and oxygen atoms in total. The number of halogens is 1. The third-order valence-electron chi connectivity index (χ3n) is 6.59. The van der Waals surface area contributed by atoms with Crippen molar-refractivity contribution in [2.75, 3.05) is 23.3 Å². The first-order valence-electron chi connectivity index (χ1n) is 11.1. The summed E-state index contributed by atoms with van der Waals surface area (Å²) in [6.45, 7) is 5.88. The third kappa shape index (κ3) is 4.52. The van der Waals surface area contributed by atoms with E-state index in [1.807, 2.05) is 13.8 Å². The lowest BCUT2D eigenvalue weighted by Crippen LogP contribution is -2.41. The molecule has 0 spiro atoms. The molecule has 2 aromatic carbocycles. The number of piperidine rings is 1. The van der Waals surface area contributed by atoms with Gasteiger partial charge in [-0.05, 0) is 74.6 Å². The van der Waals surface area contributed by atoms with E-state index in [2.05, 4.69) is 5.32 Å². The fourth-order valence-corrected chi connectivity index (χ4v) is 6.43. The van der Waals surface area contributed by atoms with Gasteiger partial charge in [0.25, 0.3) is 0 Å². The normalized spacial score (nSPS) is 19.4. The standard InChI is InChI=1S/C24H28ClN3O4S/c1-15-13-19-14-20(7-8-23(19)28(15)17(3)29)33(31,32)27-11-9-18(10-12-27)24(30)26-22-6-4-5-21(25)16(22)2/h4-8,14-15,18H,9-13H2,1-3H3,(H,26,30). The number of nitrogens with one attached hydrogen (secondary N) is 1. The van der Waals surface area contributed by atoms with Crippen molar-refractivity contribution in [3.8, 4) is 0 Å². The summed E-state index contributed by atoms with van der Waals surface area (Å²) in [6, 6.07) is 10.3. The Balaban J connectivity index is 1.43. The van der Waals surface area contributed by atoms with Crippen molar-refractivity contribution in [1.29, 1.82) is 0 Å². The molecule has 0 bridgehead atoms. The number of carbonyl (C=O) groups is 2. The Kier molecular flexibility index (Phi) is 6.53. The first kappa shape index (κ1) is 23.7. The van der Waals surface area contributed by atoms with Crippen LogP contribution in [0.5, 0.6) is 0 Å². The van der Waals surface area contributed by atoms with E-state index in [4.69, 9.17) is 11.6 Å². The molecule has 2 amide bonds. The summed E-state index contributed by atoms with van der Waals surface area (Å²) < 4.78 is 28.0. The molecule has 1 saturated heterocycles. The van der Waals surface area contributed by atoms with Gasteiger partial charge in [-0.3, -0.25) is 9.59 Å². The zero-order valence-electron chi connectivity index (χ0n) is 19.0. The van der Waals surface area contributed by atoms with E-state index in [-0.39, 0.29) is 41.8 Å². The van der Waals surface area contributed by atoms with Gasteiger partial charge in [-0.25, -0.2) is 8.42 Å². The predicted molar refractivity (Wildman–Crippen MR) is 129 cm³/mol. The fourth-order valence-electron chi connectivity index (χ4n) is 4.73. The zero-order valence-corrected chi connectivity index (χ0v) is 20.5. The molecule has 2 aromatic rings. The van der Waals surface area contributed by atoms with Crippen LogP contribution in [0.25, 0.3) is 0 Å². The van der Waals surface area contributed by atoms with E-state index in [1.165, 1.54) is 11.2 Å². The number of hydrogen-bond donors (Lipinski definition) is 1. The van der Waals surface area contributed by atoms with Crippen molar-refractivity contribution >= 4 is 44.8 Å². The molecule has 2 aliphatic heterocycles. The van der Waals surface area contributed by atoms with Crippen LogP contribution in [-0.2, 0) is 26.0 Å². The maximum absolute atomic E-state index is 13.3. The van der Waals surface area contributed by atoms with Crippen LogP contribution in [-0.4, -0.2) is 43.7 Å². The van der Waals surface area contributed by atoms with E-state index in [0.29, 0.717) is 30.0 Å². The number of carbonyl (C=O) groups excluding carboxylic acids is 2. The van der Waals surface area contributed by atoms with E-state index in [0.717, 1.165) is 16.8 Å². The molecule has 0 saturated carbocycles. The van der Waals surface area contributed by atoms with Crippen LogP contribution < -0.4 is 10.2 Å². The van der Waals surface area contributed by atoms with Gasteiger partial charge in [-0.15, -0.1) is 0 Å². The summed E-state index contributed by atoms with van der Waals surface area (Å²) in [6.07, 6.45) is 1.53. The number of hydrogen-bond acceptors (Lipinski definition) is 4. The van der Waals surface area contributed by atoms with Crippen LogP contribution in [0, 0.1) is 12.8 Å². The largest absolute Gasteiger partial charge is 0.326 e. The SMILES string of the molecule is CC(=O)N1c2ccc(S(=O)(=O)N3CCC(C(=O)Nc4cccc(Cl)c4C)CC3)cc2CC1C. The molecule has 0 aromatic heterocycles. The average Bonchev–Trinajstić information content (AvgIpc) is 3.12. The van der Waals surface area contributed by atoms with Crippen LogP contribution in [0.1, 0.15) is 37.8 Å². The van der Waals surface area contributed by atoms with Gasteiger partial charge in [0, 0.05) is 48.4 Å². The Bertz CT molecular complexity index is 1210. The monoisotopic (exact) mass is 489 g/mol. The number of nitrogens with zero attached hydrogens (tertiary/aromatic N) is 2. The topological polar surface area (TPSA) is 86.8 Å². The molecule has 2 aliphatic rings. The van der Waals surface area contributed by atoms with Crippen LogP contribution in [0.2, 0.25) is 5.02 Å². The van der Waals surface area contributed by atoms with Crippen molar-refractivity contribution in [3.05, 3.63) is 52.5 Å². The molecular formula is C24H28ClN3O4S. The molecule has 1 atom stereocenters. The smallest absolute Gasteiger partial charge is 0.243 e. The van der Waals surface area contributed by atoms with Gasteiger partial charge in [-0.2, -0.15) is 4.31 Å². The highest BCUT2D eigenvalue weighted by molar-refractivity contribution is 7.89. The molecule has 1 fully saturated rings. The number of amides is 2. The van der Waals surface area contributed by atoms with E-state index >= 15 is 0 Å². The molecule has 1 unspecified atom stereocenters. The Labute approximate surface area is 199 Å². The zero-order chi connectivity index (χ0) is 23.9. The first-order chi connectivity index (χ1) is 15.6. The van der Waals surface area contributed by atoms with Gasteiger partial charge in [0.05, 0.1) is 4.90 Å². The van der Waals surface area contributed by atoms with Crippen molar-refractivity contribution in [2.45, 2.75) is 51.0 Å². The fraction of sp³-hybridized carbons (Fsp3) is 0.417. The van der Waals surface area contributed by atoms with Crippen molar-refractivity contribution in [2.24, 2.45) is 5.92 Å². The highest BCUT2D eigenvalue weighted by Crippen LogP contribution is 2.35. The van der Waals surface area contributed by atoms with Gasteiger partial charge in [0.2, 0.25) is 21.8 Å². The third-order valence-corrected chi connectivity index (χ3v) is 8.90. The van der Waals surface area contributed by atoms with Gasteiger partial charge < -0.3 is 10.2 Å². The molecule has 176 valence electrons. The number of fused-ring (bicyclic) bond motifs is 1. The molecule has 4 rings (SSSR count). The first-order valence-corrected chi connectivity index (χ1v) is 12.9. The molecule has 33 heavy (non-hydrogen) atoms. The van der Waals surface area contributed by atoms with Gasteiger partial charge >= 0.3 is 0 Å². The molecule has 2 heterocycles. The summed E-state index contributed by atoms with van der Waals surface area (Å²) in [5, 5.41) is 3.51. The predicted octanol–water partition coefficient (Wildman–Crippen LogP) is 3.99. The van der Waals surface area contributed by atoms with E-state index in [9.17, 15) is 18.0 Å². The lowest BCUT2D eigenvalue weighted by Gasteiger charge is -2.30. The molecule has 0 aliphatic carbocycles. The molecule has 9 heteroatoms. The van der Waals surface area contributed by atoms with Crippen molar-refractivity contribution < 1.29 is 18.0 Å². The Hall–Kier alpha value is -2.42. The lowest BCUT2D eigenvalue weighted by molar-refractivity contribution is -0.121. The minimum atomic E-state index is -3.68. The van der Waals surface area contributed by atoms with Crippen molar-refractivity contribution in [3.63, 3.8) is 0 Å². The lowest BCUT2D eigenvalue weighted by atomic mass is 9.97. The Morgan fingerprint density at radius 3 is 2.48 bits per heavy atom. The number of benzene rings is 2. The quantitative estimate of drug-likeness (QED) is 0.703. The molecule has 1 N–H and O–H groups in total. The maximum Gasteiger partial charge on any atom is 0.243 e. The second-order valence-corrected chi connectivity index (χ2v) is 11.2. The molecule has 0 radical (unpaired) electrons. The van der Waals surface area contributed by atoms with Gasteiger partial charge in [0.1, 0.15) is 0 Å². The van der Waals surface area contributed by atoms with E-state index in [1.54, 1.807) is 41.3 Å². The second-order valence-electron chi connectivity index (χ2n) is 8.81. The number of anilines is 2.